The van der Waals surface area contributed by atoms with Crippen molar-refractivity contribution in [1.29, 1.82) is 0 Å². The van der Waals surface area contributed by atoms with E-state index in [1.807, 2.05) is 24.4 Å². The van der Waals surface area contributed by atoms with E-state index in [1.165, 1.54) is 28.3 Å². The van der Waals surface area contributed by atoms with Gasteiger partial charge in [0.1, 0.15) is 0 Å². The van der Waals surface area contributed by atoms with E-state index in [-0.39, 0.29) is 0 Å². The molecule has 0 aliphatic heterocycles. The highest BCUT2D eigenvalue weighted by Gasteiger charge is 2.22. The molecule has 8 heteroatoms. The monoisotopic (exact) mass is 382 g/mol. The van der Waals surface area contributed by atoms with Gasteiger partial charge in [0.2, 0.25) is 0 Å². The van der Waals surface area contributed by atoms with Crippen molar-refractivity contribution in [2.45, 2.75) is 4.90 Å². The number of hydrogen-bond donors (Lipinski definition) is 1. The Balaban J connectivity index is 0.000000157. The van der Waals surface area contributed by atoms with Crippen LogP contribution in [0, 0.1) is 10.1 Å². The number of nitrogens with zero attached hydrogens (tertiary/aromatic N) is 2. The summed E-state index contributed by atoms with van der Waals surface area (Å²) in [6, 6.07) is 21.1. The molecular formula is C19H14N2O5S. The Labute approximate surface area is 154 Å². The summed E-state index contributed by atoms with van der Waals surface area (Å²) in [6.45, 7) is 0. The lowest BCUT2D eigenvalue weighted by Gasteiger charge is -2.01. The molecular weight excluding hydrogens is 368 g/mol. The predicted octanol–water partition coefficient (Wildman–Crippen LogP) is 4.23. The summed E-state index contributed by atoms with van der Waals surface area (Å²) in [6.07, 6.45) is 1.93. The summed E-state index contributed by atoms with van der Waals surface area (Å²) >= 11 is 0. The average Bonchev–Trinajstić information content (AvgIpc) is 2.68. The lowest BCUT2D eigenvalue weighted by Crippen LogP contribution is -2.02. The molecule has 0 spiro atoms. The molecule has 0 aliphatic rings. The topological polar surface area (TPSA) is 110 Å². The highest BCUT2D eigenvalue weighted by atomic mass is 32.2. The van der Waals surface area contributed by atoms with Gasteiger partial charge in [0.15, 0.2) is 4.90 Å². The molecule has 1 aromatic heterocycles. The van der Waals surface area contributed by atoms with Crippen molar-refractivity contribution in [2.75, 3.05) is 0 Å². The second-order valence-electron chi connectivity index (χ2n) is 5.56. The Kier molecular flexibility index (Phi) is 5.11. The van der Waals surface area contributed by atoms with E-state index in [1.54, 1.807) is 0 Å². The first-order chi connectivity index (χ1) is 12.9. The Morgan fingerprint density at radius 3 is 2.11 bits per heavy atom. The molecule has 0 saturated carbocycles. The smallest absolute Gasteiger partial charge is 0.282 e. The molecule has 0 aliphatic carbocycles. The minimum absolute atomic E-state index is 0.634. The SMILES string of the molecule is O=[N+]([O-])c1ccccc1S(=O)(=O)O.c1ccc2c(c1)cnc1ccccc12. The van der Waals surface area contributed by atoms with E-state index >= 15 is 0 Å². The van der Waals surface area contributed by atoms with Gasteiger partial charge in [-0.05, 0) is 17.5 Å². The zero-order valence-electron chi connectivity index (χ0n) is 13.9. The molecule has 0 radical (unpaired) electrons. The van der Waals surface area contributed by atoms with Gasteiger partial charge in [0.05, 0.1) is 10.4 Å². The van der Waals surface area contributed by atoms with Gasteiger partial charge in [-0.3, -0.25) is 19.7 Å². The van der Waals surface area contributed by atoms with Gasteiger partial charge < -0.3 is 0 Å². The van der Waals surface area contributed by atoms with Crippen LogP contribution < -0.4 is 0 Å². The number of aromatic nitrogens is 1. The first-order valence-corrected chi connectivity index (χ1v) is 9.25. The maximum absolute atomic E-state index is 10.6. The molecule has 0 fully saturated rings. The number of para-hydroxylation sites is 2. The lowest BCUT2D eigenvalue weighted by atomic mass is 10.1. The van der Waals surface area contributed by atoms with E-state index in [4.69, 9.17) is 4.55 Å². The molecule has 0 saturated heterocycles. The number of hydrogen-bond acceptors (Lipinski definition) is 5. The molecule has 136 valence electrons. The minimum atomic E-state index is -4.52. The third-order valence-corrected chi connectivity index (χ3v) is 4.74. The summed E-state index contributed by atoms with van der Waals surface area (Å²) < 4.78 is 29.8. The van der Waals surface area contributed by atoms with Crippen LogP contribution in [0.4, 0.5) is 5.69 Å². The fourth-order valence-corrected chi connectivity index (χ4v) is 3.29. The number of benzene rings is 3. The Hall–Kier alpha value is -3.36. The number of fused-ring (bicyclic) bond motifs is 3. The Morgan fingerprint density at radius 2 is 1.44 bits per heavy atom. The fraction of sp³-hybridized carbons (Fsp3) is 0. The van der Waals surface area contributed by atoms with Gasteiger partial charge in [0.25, 0.3) is 5.69 Å². The van der Waals surface area contributed by atoms with Crippen molar-refractivity contribution < 1.29 is 17.9 Å². The lowest BCUT2D eigenvalue weighted by molar-refractivity contribution is -0.387. The number of pyridine rings is 1. The minimum Gasteiger partial charge on any atom is -0.282 e. The van der Waals surface area contributed by atoms with Crippen LogP contribution in [0.3, 0.4) is 0 Å². The van der Waals surface area contributed by atoms with Gasteiger partial charge >= 0.3 is 10.1 Å². The molecule has 7 nitrogen and oxygen atoms in total. The largest absolute Gasteiger partial charge is 0.301 e. The predicted molar refractivity (Wildman–Crippen MR) is 102 cm³/mol. The van der Waals surface area contributed by atoms with E-state index in [0.717, 1.165) is 17.6 Å². The van der Waals surface area contributed by atoms with Crippen LogP contribution in [0.15, 0.2) is 83.9 Å². The first kappa shape index (κ1) is 18.4. The third-order valence-electron chi connectivity index (χ3n) is 3.84. The van der Waals surface area contributed by atoms with Crippen LogP contribution in [0.2, 0.25) is 0 Å². The van der Waals surface area contributed by atoms with E-state index in [2.05, 4.69) is 35.3 Å². The van der Waals surface area contributed by atoms with Crippen LogP contribution in [-0.4, -0.2) is 22.9 Å². The standard InChI is InChI=1S/C13H9N.C6H5NO5S/c1-2-6-11-10(5-1)9-14-13-8-4-3-7-12(11)13;8-7(9)5-3-1-2-4-6(5)13(10,11)12/h1-9H;1-4H,(H,10,11,12). The highest BCUT2D eigenvalue weighted by Crippen LogP contribution is 2.23. The van der Waals surface area contributed by atoms with Gasteiger partial charge in [-0.25, -0.2) is 0 Å². The molecule has 1 N–H and O–H groups in total. The molecule has 27 heavy (non-hydrogen) atoms. The van der Waals surface area contributed by atoms with Crippen LogP contribution >= 0.6 is 0 Å². The molecule has 0 atom stereocenters. The van der Waals surface area contributed by atoms with Crippen molar-refractivity contribution in [3.05, 3.63) is 89.1 Å². The normalized spacial score (nSPS) is 11.0. The van der Waals surface area contributed by atoms with Crippen LogP contribution in [-0.2, 0) is 10.1 Å². The second kappa shape index (κ2) is 7.48. The Morgan fingerprint density at radius 1 is 0.852 bits per heavy atom. The van der Waals surface area contributed by atoms with Crippen molar-refractivity contribution in [3.63, 3.8) is 0 Å². The molecule has 0 amide bonds. The number of rotatable bonds is 2. The summed E-state index contributed by atoms with van der Waals surface area (Å²) in [5.41, 5.74) is 0.427. The van der Waals surface area contributed by atoms with Crippen molar-refractivity contribution >= 4 is 37.5 Å². The van der Waals surface area contributed by atoms with Crippen LogP contribution in [0.1, 0.15) is 0 Å². The molecule has 4 aromatic rings. The van der Waals surface area contributed by atoms with Gasteiger partial charge in [-0.15, -0.1) is 0 Å². The van der Waals surface area contributed by atoms with Gasteiger partial charge in [-0.1, -0.05) is 54.6 Å². The quantitative estimate of drug-likeness (QED) is 0.240. The maximum atomic E-state index is 10.6. The Bertz CT molecular complexity index is 1180. The number of nitro groups is 1. The summed E-state index contributed by atoms with van der Waals surface area (Å²) in [4.78, 5) is 13.1. The molecule has 0 unspecified atom stereocenters. The van der Waals surface area contributed by atoms with Crippen molar-refractivity contribution in [1.82, 2.24) is 4.98 Å². The average molecular weight is 382 g/mol. The zero-order valence-corrected chi connectivity index (χ0v) is 14.7. The van der Waals surface area contributed by atoms with Gasteiger partial charge in [0, 0.05) is 23.0 Å². The fourth-order valence-electron chi connectivity index (χ4n) is 2.63. The molecule has 3 aromatic carbocycles. The van der Waals surface area contributed by atoms with Crippen molar-refractivity contribution in [2.24, 2.45) is 0 Å². The van der Waals surface area contributed by atoms with E-state index < -0.39 is 25.6 Å². The number of nitro benzene ring substituents is 1. The van der Waals surface area contributed by atoms with E-state index in [0.29, 0.717) is 0 Å². The highest BCUT2D eigenvalue weighted by molar-refractivity contribution is 7.86. The maximum Gasteiger partial charge on any atom is 0.301 e. The molecule has 1 heterocycles. The van der Waals surface area contributed by atoms with Crippen LogP contribution in [0.5, 0.6) is 0 Å². The van der Waals surface area contributed by atoms with Gasteiger partial charge in [-0.2, -0.15) is 8.42 Å². The molecule has 4 rings (SSSR count). The molecule has 0 bridgehead atoms. The summed E-state index contributed by atoms with van der Waals surface area (Å²) in [7, 11) is -4.52. The van der Waals surface area contributed by atoms with Crippen molar-refractivity contribution in [3.8, 4) is 0 Å². The third kappa shape index (κ3) is 4.08. The zero-order chi connectivity index (χ0) is 19.4. The summed E-state index contributed by atoms with van der Waals surface area (Å²) in [5, 5.41) is 14.0. The first-order valence-electron chi connectivity index (χ1n) is 7.81. The second-order valence-corrected chi connectivity index (χ2v) is 6.95. The van der Waals surface area contributed by atoms with E-state index in [9.17, 15) is 18.5 Å². The summed E-state index contributed by atoms with van der Waals surface area (Å²) in [5.74, 6) is 0. The van der Waals surface area contributed by atoms with Crippen LogP contribution in [0.25, 0.3) is 21.7 Å².